The third-order valence-corrected chi connectivity index (χ3v) is 2.01. The van der Waals surface area contributed by atoms with E-state index in [9.17, 15) is 5.11 Å². The van der Waals surface area contributed by atoms with Crippen molar-refractivity contribution in [1.82, 2.24) is 0 Å². The number of rotatable bonds is 3. The first-order chi connectivity index (χ1) is 5.75. The Morgan fingerprint density at radius 2 is 1.92 bits per heavy atom. The molecule has 0 aliphatic heterocycles. The Bertz CT molecular complexity index is 240. The van der Waals surface area contributed by atoms with E-state index in [1.165, 1.54) is 0 Å². The van der Waals surface area contributed by atoms with Gasteiger partial charge in [0.2, 0.25) is 0 Å². The Hall–Kier alpha value is -1.08. The molecule has 0 spiro atoms. The zero-order valence-corrected chi connectivity index (χ0v) is 7.27. The van der Waals surface area contributed by atoms with Crippen LogP contribution in [0.4, 0.5) is 0 Å². The molecule has 0 saturated heterocycles. The molecule has 12 heavy (non-hydrogen) atoms. The van der Waals surface area contributed by atoms with Crippen LogP contribution >= 0.6 is 0 Å². The van der Waals surface area contributed by atoms with Crippen LogP contribution in [0.1, 0.15) is 18.6 Å². The lowest BCUT2D eigenvalue weighted by Gasteiger charge is -2.14. The molecule has 0 aliphatic rings. The van der Waals surface area contributed by atoms with Crippen molar-refractivity contribution in [3.8, 4) is 0 Å². The highest BCUT2D eigenvalue weighted by Crippen LogP contribution is 2.21. The molecule has 0 amide bonds. The Morgan fingerprint density at radius 3 is 2.42 bits per heavy atom. The van der Waals surface area contributed by atoms with Gasteiger partial charge in [-0.05, 0) is 5.56 Å². The van der Waals surface area contributed by atoms with Gasteiger partial charge in [-0.25, -0.2) is 0 Å². The van der Waals surface area contributed by atoms with Crippen molar-refractivity contribution >= 4 is 0 Å². The molecule has 2 unspecified atom stereocenters. The fraction of sp³-hybridized carbons (Fsp3) is 0.273. The minimum atomic E-state index is -0.427. The number of benzene rings is 1. The van der Waals surface area contributed by atoms with Gasteiger partial charge in [0.15, 0.2) is 0 Å². The molecule has 1 heteroatoms. The summed E-state index contributed by atoms with van der Waals surface area (Å²) in [5.74, 6) is 0.104. The maximum Gasteiger partial charge on any atom is 0.0849 e. The number of aliphatic hydroxyl groups excluding tert-OH is 1. The van der Waals surface area contributed by atoms with E-state index < -0.39 is 6.10 Å². The van der Waals surface area contributed by atoms with Crippen LogP contribution in [0.5, 0.6) is 0 Å². The summed E-state index contributed by atoms with van der Waals surface area (Å²) in [5.41, 5.74) is 0.949. The monoisotopic (exact) mass is 162 g/mol. The summed E-state index contributed by atoms with van der Waals surface area (Å²) < 4.78 is 0. The summed E-state index contributed by atoms with van der Waals surface area (Å²) in [6.07, 6.45) is 1.33. The molecule has 2 atom stereocenters. The summed E-state index contributed by atoms with van der Waals surface area (Å²) in [5, 5.41) is 9.72. The lowest BCUT2D eigenvalue weighted by atomic mass is 9.98. The second-order valence-corrected chi connectivity index (χ2v) is 2.95. The van der Waals surface area contributed by atoms with Gasteiger partial charge in [-0.1, -0.05) is 43.3 Å². The smallest absolute Gasteiger partial charge is 0.0849 e. The van der Waals surface area contributed by atoms with Crippen LogP contribution in [0.3, 0.4) is 0 Å². The predicted molar refractivity (Wildman–Crippen MR) is 50.8 cm³/mol. The Labute approximate surface area is 73.4 Å². The van der Waals surface area contributed by atoms with Gasteiger partial charge in [-0.15, -0.1) is 6.58 Å². The number of hydrogen-bond acceptors (Lipinski definition) is 1. The van der Waals surface area contributed by atoms with Crippen LogP contribution in [0.25, 0.3) is 0 Å². The molecule has 1 N–H and O–H groups in total. The topological polar surface area (TPSA) is 20.2 Å². The van der Waals surface area contributed by atoms with E-state index >= 15 is 0 Å². The molecular formula is C11H14O. The van der Waals surface area contributed by atoms with Crippen molar-refractivity contribution in [3.05, 3.63) is 48.6 Å². The molecule has 0 fully saturated rings. The molecule has 1 aromatic rings. The summed E-state index contributed by atoms with van der Waals surface area (Å²) in [7, 11) is 0. The van der Waals surface area contributed by atoms with Crippen molar-refractivity contribution in [3.63, 3.8) is 0 Å². The molecule has 0 bridgehead atoms. The molecule has 0 radical (unpaired) electrons. The molecule has 0 aliphatic carbocycles. The van der Waals surface area contributed by atoms with Gasteiger partial charge in [0.1, 0.15) is 0 Å². The molecule has 0 aromatic heterocycles. The first-order valence-electron chi connectivity index (χ1n) is 4.11. The van der Waals surface area contributed by atoms with Crippen LogP contribution in [-0.2, 0) is 0 Å². The van der Waals surface area contributed by atoms with Crippen LogP contribution in [0.15, 0.2) is 43.0 Å². The SMILES string of the molecule is C=CC(C)C(O)c1ccccc1. The Balaban J connectivity index is 2.78. The maximum atomic E-state index is 9.72. The van der Waals surface area contributed by atoms with Crippen molar-refractivity contribution in [2.45, 2.75) is 13.0 Å². The lowest BCUT2D eigenvalue weighted by molar-refractivity contribution is 0.140. The van der Waals surface area contributed by atoms with Gasteiger partial charge in [0, 0.05) is 5.92 Å². The summed E-state index contributed by atoms with van der Waals surface area (Å²) in [6, 6.07) is 9.63. The van der Waals surface area contributed by atoms with Crippen LogP contribution in [0, 0.1) is 5.92 Å². The molecule has 0 heterocycles. The van der Waals surface area contributed by atoms with Crippen LogP contribution < -0.4 is 0 Å². The zero-order valence-electron chi connectivity index (χ0n) is 7.27. The van der Waals surface area contributed by atoms with Crippen LogP contribution in [0.2, 0.25) is 0 Å². The van der Waals surface area contributed by atoms with Gasteiger partial charge in [-0.2, -0.15) is 0 Å². The average Bonchev–Trinajstić information content (AvgIpc) is 2.17. The normalized spacial score (nSPS) is 15.2. The van der Waals surface area contributed by atoms with Gasteiger partial charge in [0.25, 0.3) is 0 Å². The van der Waals surface area contributed by atoms with E-state index in [0.29, 0.717) is 0 Å². The standard InChI is InChI=1S/C11H14O/c1-3-9(2)11(12)10-7-5-4-6-8-10/h3-9,11-12H,1H2,2H3. The van der Waals surface area contributed by atoms with E-state index in [1.54, 1.807) is 6.08 Å². The highest BCUT2D eigenvalue weighted by atomic mass is 16.3. The summed E-state index contributed by atoms with van der Waals surface area (Å²) >= 11 is 0. The summed E-state index contributed by atoms with van der Waals surface area (Å²) in [4.78, 5) is 0. The second-order valence-electron chi connectivity index (χ2n) is 2.95. The lowest BCUT2D eigenvalue weighted by Crippen LogP contribution is -2.05. The minimum Gasteiger partial charge on any atom is -0.388 e. The van der Waals surface area contributed by atoms with Crippen molar-refractivity contribution in [1.29, 1.82) is 0 Å². The predicted octanol–water partition coefficient (Wildman–Crippen LogP) is 2.54. The van der Waals surface area contributed by atoms with Gasteiger partial charge in [0.05, 0.1) is 6.10 Å². The largest absolute Gasteiger partial charge is 0.388 e. The first-order valence-corrected chi connectivity index (χ1v) is 4.11. The van der Waals surface area contributed by atoms with Gasteiger partial charge >= 0.3 is 0 Å². The Morgan fingerprint density at radius 1 is 1.33 bits per heavy atom. The average molecular weight is 162 g/mol. The van der Waals surface area contributed by atoms with E-state index in [4.69, 9.17) is 0 Å². The molecule has 1 rings (SSSR count). The van der Waals surface area contributed by atoms with E-state index in [1.807, 2.05) is 37.3 Å². The molecule has 1 nitrogen and oxygen atoms in total. The third kappa shape index (κ3) is 1.95. The van der Waals surface area contributed by atoms with E-state index in [0.717, 1.165) is 5.56 Å². The summed E-state index contributed by atoms with van der Waals surface area (Å²) in [6.45, 7) is 5.60. The number of hydrogen-bond donors (Lipinski definition) is 1. The molecule has 1 aromatic carbocycles. The maximum absolute atomic E-state index is 9.72. The second kappa shape index (κ2) is 4.07. The fourth-order valence-electron chi connectivity index (χ4n) is 1.08. The minimum absolute atomic E-state index is 0.104. The first kappa shape index (κ1) is 9.01. The molecule has 0 saturated carbocycles. The van der Waals surface area contributed by atoms with Crippen molar-refractivity contribution < 1.29 is 5.11 Å². The fourth-order valence-corrected chi connectivity index (χ4v) is 1.08. The molecular weight excluding hydrogens is 148 g/mol. The van der Waals surface area contributed by atoms with Crippen LogP contribution in [-0.4, -0.2) is 5.11 Å². The van der Waals surface area contributed by atoms with Crippen molar-refractivity contribution in [2.24, 2.45) is 5.92 Å². The number of aliphatic hydroxyl groups is 1. The van der Waals surface area contributed by atoms with E-state index in [2.05, 4.69) is 6.58 Å². The quantitative estimate of drug-likeness (QED) is 0.677. The Kier molecular flexibility index (Phi) is 3.06. The van der Waals surface area contributed by atoms with Gasteiger partial charge in [-0.3, -0.25) is 0 Å². The zero-order chi connectivity index (χ0) is 8.97. The molecule has 64 valence electrons. The van der Waals surface area contributed by atoms with E-state index in [-0.39, 0.29) is 5.92 Å². The third-order valence-electron chi connectivity index (χ3n) is 2.01. The highest BCUT2D eigenvalue weighted by Gasteiger charge is 2.11. The highest BCUT2D eigenvalue weighted by molar-refractivity contribution is 5.18. The van der Waals surface area contributed by atoms with Gasteiger partial charge < -0.3 is 5.11 Å². The van der Waals surface area contributed by atoms with Crippen molar-refractivity contribution in [2.75, 3.05) is 0 Å².